The zero-order chi connectivity index (χ0) is 24.4. The largest absolute Gasteiger partial charge is 0.378 e. The maximum absolute atomic E-state index is 12.1. The van der Waals surface area contributed by atoms with Gasteiger partial charge in [-0.2, -0.15) is 5.10 Å². The second kappa shape index (κ2) is 9.79. The molecule has 0 atom stereocenters. The molecule has 3 heterocycles. The van der Waals surface area contributed by atoms with Crippen LogP contribution < -0.4 is 5.32 Å². The third-order valence-electron chi connectivity index (χ3n) is 6.78. The number of anilines is 1. The summed E-state index contributed by atoms with van der Waals surface area (Å²) in [6, 6.07) is 19.8. The van der Waals surface area contributed by atoms with Crippen LogP contribution in [0.15, 0.2) is 71.8 Å². The highest BCUT2D eigenvalue weighted by Crippen LogP contribution is 2.28. The van der Waals surface area contributed by atoms with Crippen molar-refractivity contribution in [3.05, 3.63) is 89.4 Å². The fourth-order valence-corrected chi connectivity index (χ4v) is 5.74. The van der Waals surface area contributed by atoms with Gasteiger partial charge in [0.2, 0.25) is 0 Å². The zero-order valence-electron chi connectivity index (χ0n) is 20.2. The number of aromatic nitrogens is 3. The molecule has 1 fully saturated rings. The number of nitrogens with one attached hydrogen (secondary N) is 1. The third kappa shape index (κ3) is 5.39. The van der Waals surface area contributed by atoms with Crippen molar-refractivity contribution in [3.63, 3.8) is 0 Å². The predicted molar refractivity (Wildman–Crippen MR) is 139 cm³/mol. The first-order valence-electron chi connectivity index (χ1n) is 12.0. The summed E-state index contributed by atoms with van der Waals surface area (Å²) >= 11 is 0. The van der Waals surface area contributed by atoms with Crippen molar-refractivity contribution in [1.82, 2.24) is 19.5 Å². The molecular formula is C27H31N5O2S. The zero-order valence-corrected chi connectivity index (χ0v) is 21.0. The fourth-order valence-electron chi connectivity index (χ4n) is 4.80. The van der Waals surface area contributed by atoms with Gasteiger partial charge in [-0.25, -0.2) is 17.9 Å². The van der Waals surface area contributed by atoms with Gasteiger partial charge in [0, 0.05) is 25.4 Å². The molecule has 35 heavy (non-hydrogen) atoms. The van der Waals surface area contributed by atoms with Crippen molar-refractivity contribution in [2.45, 2.75) is 36.6 Å². The maximum atomic E-state index is 12.1. The van der Waals surface area contributed by atoms with Crippen molar-refractivity contribution in [2.24, 2.45) is 0 Å². The molecule has 7 nitrogen and oxygen atoms in total. The van der Waals surface area contributed by atoms with E-state index in [-0.39, 0.29) is 0 Å². The summed E-state index contributed by atoms with van der Waals surface area (Å²) in [6.07, 6.45) is 6.20. The van der Waals surface area contributed by atoms with E-state index in [9.17, 15) is 8.42 Å². The van der Waals surface area contributed by atoms with Crippen LogP contribution in [0.1, 0.15) is 41.3 Å². The Balaban J connectivity index is 1.30. The van der Waals surface area contributed by atoms with Crippen LogP contribution in [-0.2, 0) is 22.8 Å². The SMILES string of the molecule is CN1CCC(c2ccc(Cc3nc4c(NCc5ccccc5S(C)(=O)=O)cccn4n3)cc2)CC1. The molecule has 0 spiro atoms. The average Bonchev–Trinajstić information content (AvgIpc) is 3.26. The lowest BCUT2D eigenvalue weighted by Crippen LogP contribution is -2.29. The summed E-state index contributed by atoms with van der Waals surface area (Å²) in [7, 11) is -1.11. The molecule has 2 aromatic heterocycles. The number of piperidine rings is 1. The predicted octanol–water partition coefficient (Wildman–Crippen LogP) is 4.14. The van der Waals surface area contributed by atoms with E-state index >= 15 is 0 Å². The molecular weight excluding hydrogens is 458 g/mol. The second-order valence-electron chi connectivity index (χ2n) is 9.45. The molecule has 182 valence electrons. The van der Waals surface area contributed by atoms with Gasteiger partial charge in [-0.1, -0.05) is 42.5 Å². The van der Waals surface area contributed by atoms with Gasteiger partial charge in [0.1, 0.15) is 0 Å². The van der Waals surface area contributed by atoms with Gasteiger partial charge < -0.3 is 10.2 Å². The van der Waals surface area contributed by atoms with E-state index in [2.05, 4.69) is 46.6 Å². The minimum absolute atomic E-state index is 0.338. The van der Waals surface area contributed by atoms with E-state index in [4.69, 9.17) is 4.98 Å². The summed E-state index contributed by atoms with van der Waals surface area (Å²) in [4.78, 5) is 7.51. The van der Waals surface area contributed by atoms with Crippen molar-refractivity contribution in [3.8, 4) is 0 Å². The van der Waals surface area contributed by atoms with E-state index in [1.165, 1.54) is 30.2 Å². The Hall–Kier alpha value is -3.23. The summed E-state index contributed by atoms with van der Waals surface area (Å²) in [6.45, 7) is 2.70. The van der Waals surface area contributed by atoms with Crippen molar-refractivity contribution in [1.29, 1.82) is 0 Å². The maximum Gasteiger partial charge on any atom is 0.178 e. The van der Waals surface area contributed by atoms with Crippen LogP contribution in [0.25, 0.3) is 5.65 Å². The Morgan fingerprint density at radius 1 is 1.00 bits per heavy atom. The summed E-state index contributed by atoms with van der Waals surface area (Å²) in [5.41, 5.74) is 4.87. The number of nitrogens with zero attached hydrogens (tertiary/aromatic N) is 4. The first kappa shape index (κ1) is 23.5. The van der Waals surface area contributed by atoms with E-state index < -0.39 is 9.84 Å². The Kier molecular flexibility index (Phi) is 6.58. The van der Waals surface area contributed by atoms with Gasteiger partial charge in [-0.3, -0.25) is 0 Å². The highest BCUT2D eigenvalue weighted by atomic mass is 32.2. The minimum atomic E-state index is -3.30. The Morgan fingerprint density at radius 3 is 2.49 bits per heavy atom. The molecule has 1 N–H and O–H groups in total. The number of benzene rings is 2. The van der Waals surface area contributed by atoms with E-state index in [0.717, 1.165) is 35.8 Å². The standard InChI is InChI=1S/C27H31N5O2S/c1-31-16-13-22(14-17-31)21-11-9-20(10-12-21)18-26-29-27-24(7-5-15-32(27)30-26)28-19-23-6-3-4-8-25(23)35(2,33)34/h3-12,15,22,28H,13-14,16-19H2,1-2H3. The minimum Gasteiger partial charge on any atom is -0.378 e. The Morgan fingerprint density at radius 2 is 1.74 bits per heavy atom. The molecule has 0 aliphatic carbocycles. The quantitative estimate of drug-likeness (QED) is 0.420. The molecule has 0 bridgehead atoms. The highest BCUT2D eigenvalue weighted by molar-refractivity contribution is 7.90. The number of rotatable bonds is 7. The molecule has 0 saturated carbocycles. The van der Waals surface area contributed by atoms with Crippen LogP contribution in [0.2, 0.25) is 0 Å². The van der Waals surface area contributed by atoms with Gasteiger partial charge in [-0.05, 0) is 73.8 Å². The number of fused-ring (bicyclic) bond motifs is 1. The lowest BCUT2D eigenvalue weighted by atomic mass is 9.89. The van der Waals surface area contributed by atoms with Crippen LogP contribution in [0, 0.1) is 0 Å². The number of pyridine rings is 1. The topological polar surface area (TPSA) is 79.6 Å². The molecule has 0 radical (unpaired) electrons. The molecule has 5 rings (SSSR count). The number of likely N-dealkylation sites (tertiary alicyclic amines) is 1. The normalized spacial score (nSPS) is 15.5. The lowest BCUT2D eigenvalue weighted by molar-refractivity contribution is 0.255. The molecule has 0 unspecified atom stereocenters. The second-order valence-corrected chi connectivity index (χ2v) is 11.4. The van der Waals surface area contributed by atoms with Gasteiger partial charge in [0.15, 0.2) is 21.3 Å². The molecule has 1 aliphatic heterocycles. The summed E-state index contributed by atoms with van der Waals surface area (Å²) < 4.78 is 26.0. The molecule has 1 saturated heterocycles. The highest BCUT2D eigenvalue weighted by Gasteiger charge is 2.18. The van der Waals surface area contributed by atoms with E-state index in [1.54, 1.807) is 16.6 Å². The Bertz CT molecular complexity index is 1420. The number of sulfone groups is 1. The molecule has 4 aromatic rings. The van der Waals surface area contributed by atoms with Crippen LogP contribution >= 0.6 is 0 Å². The fraction of sp³-hybridized carbons (Fsp3) is 0.333. The van der Waals surface area contributed by atoms with Gasteiger partial charge in [0.05, 0.1) is 10.6 Å². The molecule has 8 heteroatoms. The summed E-state index contributed by atoms with van der Waals surface area (Å²) in [5, 5.41) is 8.01. The first-order valence-corrected chi connectivity index (χ1v) is 13.9. The molecule has 1 aliphatic rings. The lowest BCUT2D eigenvalue weighted by Gasteiger charge is -2.29. The molecule has 0 amide bonds. The van der Waals surface area contributed by atoms with E-state index in [1.807, 2.05) is 30.5 Å². The third-order valence-corrected chi connectivity index (χ3v) is 7.98. The van der Waals surface area contributed by atoms with Gasteiger partial charge >= 0.3 is 0 Å². The van der Waals surface area contributed by atoms with Gasteiger partial charge in [0.25, 0.3) is 0 Å². The van der Waals surface area contributed by atoms with Crippen LogP contribution in [0.4, 0.5) is 5.69 Å². The monoisotopic (exact) mass is 489 g/mol. The van der Waals surface area contributed by atoms with Crippen LogP contribution in [0.5, 0.6) is 0 Å². The smallest absolute Gasteiger partial charge is 0.178 e. The van der Waals surface area contributed by atoms with Crippen molar-refractivity contribution in [2.75, 3.05) is 31.7 Å². The Labute approximate surface area is 206 Å². The van der Waals surface area contributed by atoms with Crippen molar-refractivity contribution < 1.29 is 8.42 Å². The number of hydrogen-bond donors (Lipinski definition) is 1. The van der Waals surface area contributed by atoms with Gasteiger partial charge in [-0.15, -0.1) is 0 Å². The van der Waals surface area contributed by atoms with Crippen LogP contribution in [0.3, 0.4) is 0 Å². The molecule has 2 aromatic carbocycles. The van der Waals surface area contributed by atoms with Crippen molar-refractivity contribution >= 4 is 21.2 Å². The van der Waals surface area contributed by atoms with E-state index in [0.29, 0.717) is 23.8 Å². The summed E-state index contributed by atoms with van der Waals surface area (Å²) in [5.74, 6) is 1.40. The average molecular weight is 490 g/mol. The number of hydrogen-bond acceptors (Lipinski definition) is 6. The first-order chi connectivity index (χ1) is 16.9. The van der Waals surface area contributed by atoms with Crippen LogP contribution in [-0.4, -0.2) is 54.3 Å².